The molecule has 1 saturated heterocycles. The van der Waals surface area contributed by atoms with Gasteiger partial charge in [-0.05, 0) is 12.1 Å². The topological polar surface area (TPSA) is 48.1 Å². The lowest BCUT2D eigenvalue weighted by molar-refractivity contribution is -0.0590. The summed E-state index contributed by atoms with van der Waals surface area (Å²) in [6.07, 6.45) is 1.75. The van der Waals surface area contributed by atoms with Crippen LogP contribution < -0.4 is 5.73 Å². The Balaban J connectivity index is 0.000000720. The number of aromatic nitrogens is 1. The molecule has 13 heavy (non-hydrogen) atoms. The molecule has 0 unspecified atom stereocenters. The minimum absolute atomic E-state index is 0. The zero-order chi connectivity index (χ0) is 7.73. The third-order valence-corrected chi connectivity index (χ3v) is 1.89. The van der Waals surface area contributed by atoms with Gasteiger partial charge in [0.2, 0.25) is 0 Å². The Bertz CT molecular complexity index is 252. The number of rotatable bonds is 1. The minimum Gasteiger partial charge on any atom is -0.377 e. The fourth-order valence-corrected chi connectivity index (χ4v) is 1.13. The number of nitrogens with two attached hydrogens (primary N) is 1. The average molecular weight is 223 g/mol. The van der Waals surface area contributed by atoms with Gasteiger partial charge in [-0.15, -0.1) is 24.8 Å². The van der Waals surface area contributed by atoms with Crippen molar-refractivity contribution in [2.45, 2.75) is 5.54 Å². The van der Waals surface area contributed by atoms with Crippen LogP contribution in [0.4, 0.5) is 0 Å². The summed E-state index contributed by atoms with van der Waals surface area (Å²) < 4.78 is 5.03. The van der Waals surface area contributed by atoms with E-state index in [4.69, 9.17) is 10.5 Å². The Labute approximate surface area is 89.5 Å². The summed E-state index contributed by atoms with van der Waals surface area (Å²) in [5.41, 5.74) is 6.54. The summed E-state index contributed by atoms with van der Waals surface area (Å²) in [7, 11) is 0. The minimum atomic E-state index is -0.318. The monoisotopic (exact) mass is 222 g/mol. The van der Waals surface area contributed by atoms with Crippen LogP contribution in [0.3, 0.4) is 0 Å². The molecule has 0 bridgehead atoms. The lowest BCUT2D eigenvalue weighted by Gasteiger charge is -2.36. The molecule has 0 aliphatic carbocycles. The van der Waals surface area contributed by atoms with Crippen molar-refractivity contribution in [3.63, 3.8) is 0 Å². The van der Waals surface area contributed by atoms with Crippen molar-refractivity contribution in [2.24, 2.45) is 5.73 Å². The third-order valence-electron chi connectivity index (χ3n) is 1.89. The summed E-state index contributed by atoms with van der Waals surface area (Å²) in [6.45, 7) is 1.17. The van der Waals surface area contributed by atoms with Crippen LogP contribution in [0, 0.1) is 0 Å². The first-order valence-electron chi connectivity index (χ1n) is 3.59. The van der Waals surface area contributed by atoms with Crippen LogP contribution in [-0.2, 0) is 10.3 Å². The van der Waals surface area contributed by atoms with Crippen molar-refractivity contribution in [3.05, 3.63) is 30.1 Å². The molecule has 0 atom stereocenters. The van der Waals surface area contributed by atoms with E-state index in [1.807, 2.05) is 18.2 Å². The fourth-order valence-electron chi connectivity index (χ4n) is 1.13. The van der Waals surface area contributed by atoms with E-state index in [0.29, 0.717) is 13.2 Å². The zero-order valence-corrected chi connectivity index (χ0v) is 8.61. The second-order valence-electron chi connectivity index (χ2n) is 2.86. The molecule has 0 spiro atoms. The predicted octanol–water partition coefficient (Wildman–Crippen LogP) is 1.11. The second-order valence-corrected chi connectivity index (χ2v) is 2.86. The van der Waals surface area contributed by atoms with Gasteiger partial charge in [0.25, 0.3) is 0 Å². The maximum atomic E-state index is 5.94. The molecular weight excluding hydrogens is 211 g/mol. The maximum Gasteiger partial charge on any atom is 0.106 e. The van der Waals surface area contributed by atoms with Gasteiger partial charge in [-0.3, -0.25) is 4.98 Å². The molecule has 0 saturated carbocycles. The first kappa shape index (κ1) is 12.7. The average Bonchev–Trinajstić information content (AvgIpc) is 2.02. The highest BCUT2D eigenvalue weighted by Crippen LogP contribution is 2.23. The maximum absolute atomic E-state index is 5.94. The molecule has 2 rings (SSSR count). The van der Waals surface area contributed by atoms with Crippen LogP contribution in [0.25, 0.3) is 0 Å². The molecule has 1 aromatic heterocycles. The Morgan fingerprint density at radius 3 is 2.38 bits per heavy atom. The molecule has 1 aliphatic heterocycles. The van der Waals surface area contributed by atoms with E-state index in [1.165, 1.54) is 0 Å². The van der Waals surface area contributed by atoms with Crippen LogP contribution >= 0.6 is 24.8 Å². The largest absolute Gasteiger partial charge is 0.377 e. The van der Waals surface area contributed by atoms with Crippen molar-refractivity contribution < 1.29 is 4.74 Å². The standard InChI is InChI=1S/C8H10N2O.2ClH/c9-8(5-11-6-8)7-3-1-2-4-10-7;;/h1-4H,5-6,9H2;2*1H. The lowest BCUT2D eigenvalue weighted by Crippen LogP contribution is -2.54. The molecule has 2 heterocycles. The van der Waals surface area contributed by atoms with Gasteiger partial charge in [0.05, 0.1) is 18.9 Å². The van der Waals surface area contributed by atoms with Gasteiger partial charge in [0.1, 0.15) is 5.54 Å². The molecule has 1 aromatic rings. The van der Waals surface area contributed by atoms with Crippen LogP contribution in [0.5, 0.6) is 0 Å². The van der Waals surface area contributed by atoms with Gasteiger partial charge in [0, 0.05) is 6.20 Å². The SMILES string of the molecule is Cl.Cl.NC1(c2ccccn2)COC1. The summed E-state index contributed by atoms with van der Waals surface area (Å²) in [5, 5.41) is 0. The number of hydrogen-bond donors (Lipinski definition) is 1. The number of nitrogens with zero attached hydrogens (tertiary/aromatic N) is 1. The van der Waals surface area contributed by atoms with Gasteiger partial charge in [-0.1, -0.05) is 6.07 Å². The Morgan fingerprint density at radius 2 is 2.00 bits per heavy atom. The van der Waals surface area contributed by atoms with Crippen molar-refractivity contribution in [2.75, 3.05) is 13.2 Å². The summed E-state index contributed by atoms with van der Waals surface area (Å²) >= 11 is 0. The molecule has 5 heteroatoms. The van der Waals surface area contributed by atoms with Crippen LogP contribution in [-0.4, -0.2) is 18.2 Å². The lowest BCUT2D eigenvalue weighted by atomic mass is 9.94. The van der Waals surface area contributed by atoms with Crippen molar-refractivity contribution in [1.82, 2.24) is 4.98 Å². The van der Waals surface area contributed by atoms with Gasteiger partial charge in [-0.25, -0.2) is 0 Å². The van der Waals surface area contributed by atoms with E-state index in [1.54, 1.807) is 6.20 Å². The molecule has 1 aliphatic rings. The van der Waals surface area contributed by atoms with Gasteiger partial charge < -0.3 is 10.5 Å². The van der Waals surface area contributed by atoms with E-state index < -0.39 is 0 Å². The predicted molar refractivity (Wildman–Crippen MR) is 55.4 cm³/mol. The number of ether oxygens (including phenoxy) is 1. The molecule has 0 radical (unpaired) electrons. The first-order chi connectivity index (χ1) is 5.31. The van der Waals surface area contributed by atoms with Gasteiger partial charge >= 0.3 is 0 Å². The van der Waals surface area contributed by atoms with Crippen LogP contribution in [0.2, 0.25) is 0 Å². The van der Waals surface area contributed by atoms with Crippen LogP contribution in [0.1, 0.15) is 5.69 Å². The Kier molecular flexibility index (Phi) is 4.64. The first-order valence-corrected chi connectivity index (χ1v) is 3.59. The van der Waals surface area contributed by atoms with Gasteiger partial charge in [0.15, 0.2) is 0 Å². The van der Waals surface area contributed by atoms with E-state index >= 15 is 0 Å². The third kappa shape index (κ3) is 2.31. The Morgan fingerprint density at radius 1 is 1.31 bits per heavy atom. The molecule has 3 nitrogen and oxygen atoms in total. The fraction of sp³-hybridized carbons (Fsp3) is 0.375. The molecule has 0 amide bonds. The highest BCUT2D eigenvalue weighted by atomic mass is 35.5. The number of halogens is 2. The molecule has 1 fully saturated rings. The van der Waals surface area contributed by atoms with Gasteiger partial charge in [-0.2, -0.15) is 0 Å². The summed E-state index contributed by atoms with van der Waals surface area (Å²) in [6, 6.07) is 5.75. The van der Waals surface area contributed by atoms with Crippen LogP contribution in [0.15, 0.2) is 24.4 Å². The van der Waals surface area contributed by atoms with Crippen molar-refractivity contribution >= 4 is 24.8 Å². The Hall–Kier alpha value is -0.350. The van der Waals surface area contributed by atoms with E-state index in [-0.39, 0.29) is 30.4 Å². The molecular formula is C8H12Cl2N2O. The molecule has 2 N–H and O–H groups in total. The summed E-state index contributed by atoms with van der Waals surface area (Å²) in [5.74, 6) is 0. The molecule has 0 aromatic carbocycles. The zero-order valence-electron chi connectivity index (χ0n) is 6.97. The van der Waals surface area contributed by atoms with Crippen molar-refractivity contribution in [3.8, 4) is 0 Å². The van der Waals surface area contributed by atoms with E-state index in [0.717, 1.165) is 5.69 Å². The quantitative estimate of drug-likeness (QED) is 0.775. The smallest absolute Gasteiger partial charge is 0.106 e. The van der Waals surface area contributed by atoms with E-state index in [2.05, 4.69) is 4.98 Å². The van der Waals surface area contributed by atoms with Crippen molar-refractivity contribution in [1.29, 1.82) is 0 Å². The highest BCUT2D eigenvalue weighted by molar-refractivity contribution is 5.85. The normalized spacial score (nSPS) is 17.6. The second kappa shape index (κ2) is 4.77. The number of pyridine rings is 1. The summed E-state index contributed by atoms with van der Waals surface area (Å²) in [4.78, 5) is 4.17. The van der Waals surface area contributed by atoms with E-state index in [9.17, 15) is 0 Å². The molecule has 74 valence electrons. The highest BCUT2D eigenvalue weighted by Gasteiger charge is 2.37. The number of hydrogen-bond acceptors (Lipinski definition) is 3.